The van der Waals surface area contributed by atoms with Crippen LogP contribution in [0.25, 0.3) is 0 Å². The van der Waals surface area contributed by atoms with E-state index in [0.29, 0.717) is 13.1 Å². The maximum absolute atomic E-state index is 11.9. The summed E-state index contributed by atoms with van der Waals surface area (Å²) in [6.45, 7) is 1.54. The van der Waals surface area contributed by atoms with Gasteiger partial charge in [-0.25, -0.2) is 8.42 Å². The molecule has 0 radical (unpaired) electrons. The summed E-state index contributed by atoms with van der Waals surface area (Å²) in [5.74, 6) is -1.46. The zero-order valence-electron chi connectivity index (χ0n) is 11.7. The molecule has 1 aliphatic heterocycles. The average molecular weight is 314 g/mol. The molecule has 0 bridgehead atoms. The van der Waals surface area contributed by atoms with E-state index < -0.39 is 21.7 Å². The third kappa shape index (κ3) is 3.64. The van der Waals surface area contributed by atoms with Gasteiger partial charge in [-0.1, -0.05) is 12.1 Å². The van der Waals surface area contributed by atoms with Crippen LogP contribution in [0.5, 0.6) is 5.75 Å². The Morgan fingerprint density at radius 3 is 2.43 bits per heavy atom. The first-order valence-corrected chi connectivity index (χ1v) is 8.12. The van der Waals surface area contributed by atoms with Crippen molar-refractivity contribution in [1.29, 1.82) is 0 Å². The van der Waals surface area contributed by atoms with Crippen LogP contribution < -0.4 is 9.64 Å². The van der Waals surface area contributed by atoms with Crippen LogP contribution in [0.2, 0.25) is 0 Å². The number of benzene rings is 1. The number of hydrogen-bond donors (Lipinski definition) is 1. The van der Waals surface area contributed by atoms with Crippen LogP contribution in [0.1, 0.15) is 0 Å². The van der Waals surface area contributed by atoms with E-state index in [9.17, 15) is 13.2 Å². The largest absolute Gasteiger partial charge is 0.495 e. The Morgan fingerprint density at radius 2 is 1.86 bits per heavy atom. The summed E-state index contributed by atoms with van der Waals surface area (Å²) < 4.78 is 30.3. The van der Waals surface area contributed by atoms with Crippen molar-refractivity contribution in [2.75, 3.05) is 43.9 Å². The lowest BCUT2D eigenvalue weighted by Gasteiger charge is -2.35. The van der Waals surface area contributed by atoms with Crippen molar-refractivity contribution in [2.24, 2.45) is 0 Å². The SMILES string of the molecule is COc1ccccc1N1CCN(S(=O)(=O)CC(=O)O)CC1. The maximum Gasteiger partial charge on any atom is 0.320 e. The predicted octanol–water partition coefficient (Wildman–Crippen LogP) is 0.232. The van der Waals surface area contributed by atoms with Gasteiger partial charge in [0.2, 0.25) is 10.0 Å². The van der Waals surface area contributed by atoms with E-state index in [2.05, 4.69) is 0 Å². The van der Waals surface area contributed by atoms with Crippen LogP contribution in [-0.2, 0) is 14.8 Å². The average Bonchev–Trinajstić information content (AvgIpc) is 2.46. The van der Waals surface area contributed by atoms with Crippen molar-refractivity contribution in [3.8, 4) is 5.75 Å². The Morgan fingerprint density at radius 1 is 1.24 bits per heavy atom. The van der Waals surface area contributed by atoms with Gasteiger partial charge in [0.1, 0.15) is 5.75 Å². The highest BCUT2D eigenvalue weighted by Crippen LogP contribution is 2.28. The van der Waals surface area contributed by atoms with Gasteiger partial charge in [0.15, 0.2) is 5.75 Å². The minimum Gasteiger partial charge on any atom is -0.495 e. The standard InChI is InChI=1S/C13H18N2O5S/c1-20-12-5-3-2-4-11(12)14-6-8-15(9-7-14)21(18,19)10-13(16)17/h2-5H,6-10H2,1H3,(H,16,17). The second-order valence-electron chi connectivity index (χ2n) is 4.71. The van der Waals surface area contributed by atoms with E-state index in [1.165, 1.54) is 4.31 Å². The molecule has 1 saturated heterocycles. The molecule has 2 rings (SSSR count). The third-order valence-electron chi connectivity index (χ3n) is 3.36. The van der Waals surface area contributed by atoms with Crippen LogP contribution in [0.4, 0.5) is 5.69 Å². The number of nitrogens with zero attached hydrogens (tertiary/aromatic N) is 2. The Labute approximate surface area is 123 Å². The zero-order valence-corrected chi connectivity index (χ0v) is 12.5. The molecule has 8 heteroatoms. The second kappa shape index (κ2) is 6.31. The molecular formula is C13H18N2O5S. The van der Waals surface area contributed by atoms with Gasteiger partial charge in [-0.15, -0.1) is 0 Å². The van der Waals surface area contributed by atoms with Gasteiger partial charge in [0.25, 0.3) is 0 Å². The Kier molecular flexibility index (Phi) is 4.69. The fourth-order valence-electron chi connectivity index (χ4n) is 2.35. The monoisotopic (exact) mass is 314 g/mol. The fourth-order valence-corrected chi connectivity index (χ4v) is 3.56. The number of carboxylic acids is 1. The normalized spacial score (nSPS) is 16.7. The van der Waals surface area contributed by atoms with Gasteiger partial charge in [-0.05, 0) is 12.1 Å². The molecule has 1 aromatic carbocycles. The molecule has 1 aromatic rings. The van der Waals surface area contributed by atoms with Crippen molar-refractivity contribution in [3.63, 3.8) is 0 Å². The van der Waals surface area contributed by atoms with Crippen molar-refractivity contribution < 1.29 is 23.1 Å². The lowest BCUT2D eigenvalue weighted by atomic mass is 10.2. The summed E-state index contributed by atoms with van der Waals surface area (Å²) in [6.07, 6.45) is 0. The first-order chi connectivity index (χ1) is 9.94. The first kappa shape index (κ1) is 15.6. The van der Waals surface area contributed by atoms with Gasteiger partial charge in [0, 0.05) is 26.2 Å². The summed E-state index contributed by atoms with van der Waals surface area (Å²) >= 11 is 0. The fraction of sp³-hybridized carbons (Fsp3) is 0.462. The van der Waals surface area contributed by atoms with Crippen molar-refractivity contribution >= 4 is 21.7 Å². The minimum atomic E-state index is -3.73. The van der Waals surface area contributed by atoms with Gasteiger partial charge < -0.3 is 14.7 Å². The molecule has 0 atom stereocenters. The summed E-state index contributed by atoms with van der Waals surface area (Å²) in [7, 11) is -2.14. The second-order valence-corrected chi connectivity index (χ2v) is 6.68. The molecule has 21 heavy (non-hydrogen) atoms. The summed E-state index contributed by atoms with van der Waals surface area (Å²) in [5, 5.41) is 8.65. The van der Waals surface area contributed by atoms with E-state index in [4.69, 9.17) is 9.84 Å². The van der Waals surface area contributed by atoms with Crippen molar-refractivity contribution in [2.45, 2.75) is 0 Å². The molecule has 0 aromatic heterocycles. The summed E-state index contributed by atoms with van der Waals surface area (Å²) in [4.78, 5) is 12.6. The smallest absolute Gasteiger partial charge is 0.320 e. The molecule has 1 aliphatic rings. The van der Waals surface area contributed by atoms with Crippen LogP contribution in [0.15, 0.2) is 24.3 Å². The molecular weight excluding hydrogens is 296 g/mol. The molecule has 0 unspecified atom stereocenters. The number of aliphatic carboxylic acids is 1. The van der Waals surface area contributed by atoms with Crippen LogP contribution >= 0.6 is 0 Å². The van der Waals surface area contributed by atoms with Crippen LogP contribution in [0, 0.1) is 0 Å². The van der Waals surface area contributed by atoms with Gasteiger partial charge in [0.05, 0.1) is 12.8 Å². The first-order valence-electron chi connectivity index (χ1n) is 6.51. The molecule has 116 valence electrons. The summed E-state index contributed by atoms with van der Waals surface area (Å²) in [5.41, 5.74) is 0.912. The highest BCUT2D eigenvalue weighted by Gasteiger charge is 2.29. The number of piperazine rings is 1. The van der Waals surface area contributed by atoms with Crippen LogP contribution in [0.3, 0.4) is 0 Å². The van der Waals surface area contributed by atoms with Gasteiger partial charge in [-0.2, -0.15) is 4.31 Å². The number of sulfonamides is 1. The van der Waals surface area contributed by atoms with Crippen LogP contribution in [-0.4, -0.2) is 62.8 Å². The van der Waals surface area contributed by atoms with Crippen molar-refractivity contribution in [3.05, 3.63) is 24.3 Å². The Hall–Kier alpha value is -1.80. The van der Waals surface area contributed by atoms with E-state index in [0.717, 1.165) is 11.4 Å². The number of methoxy groups -OCH3 is 1. The number of carbonyl (C=O) groups is 1. The van der Waals surface area contributed by atoms with E-state index >= 15 is 0 Å². The number of ether oxygens (including phenoxy) is 1. The molecule has 1 N–H and O–H groups in total. The van der Waals surface area contributed by atoms with E-state index in [-0.39, 0.29) is 13.1 Å². The molecule has 7 nitrogen and oxygen atoms in total. The molecule has 0 aliphatic carbocycles. The highest BCUT2D eigenvalue weighted by atomic mass is 32.2. The lowest BCUT2D eigenvalue weighted by molar-refractivity contribution is -0.134. The lowest BCUT2D eigenvalue weighted by Crippen LogP contribution is -2.50. The maximum atomic E-state index is 11.9. The Balaban J connectivity index is 2.05. The third-order valence-corrected chi connectivity index (χ3v) is 5.13. The molecule has 1 heterocycles. The number of hydrogen-bond acceptors (Lipinski definition) is 5. The molecule has 0 spiro atoms. The number of rotatable bonds is 5. The van der Waals surface area contributed by atoms with E-state index in [1.807, 2.05) is 29.2 Å². The zero-order chi connectivity index (χ0) is 15.5. The number of anilines is 1. The van der Waals surface area contributed by atoms with Crippen molar-refractivity contribution in [1.82, 2.24) is 4.31 Å². The molecule has 0 amide bonds. The number of para-hydroxylation sites is 2. The predicted molar refractivity (Wildman–Crippen MR) is 78.2 cm³/mol. The quantitative estimate of drug-likeness (QED) is 0.837. The highest BCUT2D eigenvalue weighted by molar-refractivity contribution is 7.89. The van der Waals surface area contributed by atoms with Gasteiger partial charge >= 0.3 is 5.97 Å². The Bertz CT molecular complexity index is 609. The molecule has 0 saturated carbocycles. The topological polar surface area (TPSA) is 87.2 Å². The minimum absolute atomic E-state index is 0.271. The van der Waals surface area contributed by atoms with E-state index in [1.54, 1.807) is 7.11 Å². The van der Waals surface area contributed by atoms with Gasteiger partial charge in [-0.3, -0.25) is 4.79 Å². The number of carboxylic acid groups (broad SMARTS) is 1. The summed E-state index contributed by atoms with van der Waals surface area (Å²) in [6, 6.07) is 7.53. The molecule has 1 fully saturated rings.